The third kappa shape index (κ3) is 2.76. The van der Waals surface area contributed by atoms with Crippen LogP contribution < -0.4 is 5.43 Å². The molecule has 0 amide bonds. The molecule has 0 unspecified atom stereocenters. The Bertz CT molecular complexity index is 613. The van der Waals surface area contributed by atoms with E-state index < -0.39 is 0 Å². The summed E-state index contributed by atoms with van der Waals surface area (Å²) < 4.78 is 13.3. The number of halogens is 1. The predicted molar refractivity (Wildman–Crippen MR) is 76.1 cm³/mol. The van der Waals surface area contributed by atoms with Crippen molar-refractivity contribution >= 4 is 23.3 Å². The molecule has 0 fully saturated rings. The van der Waals surface area contributed by atoms with Crippen molar-refractivity contribution in [2.24, 2.45) is 5.10 Å². The lowest BCUT2D eigenvalue weighted by Crippen LogP contribution is -2.12. The number of hydrogen-bond donors (Lipinski definition) is 1. The van der Waals surface area contributed by atoms with Crippen molar-refractivity contribution in [3.8, 4) is 0 Å². The molecule has 96 valence electrons. The molecule has 0 bridgehead atoms. The van der Waals surface area contributed by atoms with Gasteiger partial charge in [-0.15, -0.1) is 11.8 Å². The van der Waals surface area contributed by atoms with Crippen molar-refractivity contribution in [3.05, 3.63) is 54.0 Å². The summed E-state index contributed by atoms with van der Waals surface area (Å²) >= 11 is 1.73. The standard InChI is InChI=1S/C14H12FN3S/c15-10-4-5-13-11(9-10)12(6-8-19-13)17-18-14-3-1-2-7-16-14/h1-5,7,9H,6,8H2,(H,16,18)/b17-12-. The fraction of sp³-hybridized carbons (Fsp3) is 0.143. The highest BCUT2D eigenvalue weighted by Crippen LogP contribution is 2.30. The Balaban J connectivity index is 1.89. The Morgan fingerprint density at radius 3 is 3.05 bits per heavy atom. The lowest BCUT2D eigenvalue weighted by Gasteiger charge is -2.17. The zero-order valence-electron chi connectivity index (χ0n) is 10.1. The van der Waals surface area contributed by atoms with Crippen LogP contribution in [0.25, 0.3) is 0 Å². The molecule has 0 atom stereocenters. The number of hydrazone groups is 1. The molecule has 0 aliphatic carbocycles. The van der Waals surface area contributed by atoms with Crippen LogP contribution >= 0.6 is 11.8 Å². The molecule has 0 saturated carbocycles. The molecule has 0 spiro atoms. The Morgan fingerprint density at radius 1 is 1.26 bits per heavy atom. The summed E-state index contributed by atoms with van der Waals surface area (Å²) in [6.07, 6.45) is 2.52. The minimum Gasteiger partial charge on any atom is -0.261 e. The Labute approximate surface area is 115 Å². The first-order valence-electron chi connectivity index (χ1n) is 5.99. The summed E-state index contributed by atoms with van der Waals surface area (Å²) in [5.74, 6) is 1.42. The number of fused-ring (bicyclic) bond motifs is 1. The predicted octanol–water partition coefficient (Wildman–Crippen LogP) is 3.53. The molecule has 0 radical (unpaired) electrons. The van der Waals surface area contributed by atoms with Crippen LogP contribution in [0.4, 0.5) is 10.2 Å². The fourth-order valence-electron chi connectivity index (χ4n) is 1.92. The molecule has 2 heterocycles. The van der Waals surface area contributed by atoms with Gasteiger partial charge in [0.15, 0.2) is 0 Å². The van der Waals surface area contributed by atoms with Gasteiger partial charge in [-0.05, 0) is 30.3 Å². The number of benzene rings is 1. The highest BCUT2D eigenvalue weighted by atomic mass is 32.2. The normalized spacial score (nSPS) is 16.2. The highest BCUT2D eigenvalue weighted by molar-refractivity contribution is 7.99. The zero-order valence-corrected chi connectivity index (χ0v) is 11.0. The molecule has 1 N–H and O–H groups in total. The maximum absolute atomic E-state index is 13.3. The van der Waals surface area contributed by atoms with E-state index in [1.807, 2.05) is 24.3 Å². The molecule has 1 aromatic heterocycles. The first kappa shape index (κ1) is 12.2. The fourth-order valence-corrected chi connectivity index (χ4v) is 2.93. The molecule has 5 heteroatoms. The molecule has 1 aliphatic rings. The molecule has 2 aromatic rings. The number of anilines is 1. The van der Waals surface area contributed by atoms with Gasteiger partial charge in [-0.3, -0.25) is 5.43 Å². The number of aromatic nitrogens is 1. The van der Waals surface area contributed by atoms with Crippen LogP contribution in [0.1, 0.15) is 12.0 Å². The van der Waals surface area contributed by atoms with Gasteiger partial charge in [0, 0.05) is 28.8 Å². The first-order valence-corrected chi connectivity index (χ1v) is 6.98. The van der Waals surface area contributed by atoms with Crippen LogP contribution in [0.3, 0.4) is 0 Å². The summed E-state index contributed by atoms with van der Waals surface area (Å²) in [7, 11) is 0. The minimum atomic E-state index is -0.230. The number of hydrogen-bond acceptors (Lipinski definition) is 4. The lowest BCUT2D eigenvalue weighted by atomic mass is 10.1. The number of nitrogens with zero attached hydrogens (tertiary/aromatic N) is 2. The molecular weight excluding hydrogens is 261 g/mol. The van der Waals surface area contributed by atoms with E-state index in [1.54, 1.807) is 24.0 Å². The second kappa shape index (κ2) is 5.40. The van der Waals surface area contributed by atoms with E-state index >= 15 is 0 Å². The van der Waals surface area contributed by atoms with Crippen molar-refractivity contribution < 1.29 is 4.39 Å². The number of pyridine rings is 1. The van der Waals surface area contributed by atoms with E-state index in [0.29, 0.717) is 5.82 Å². The van der Waals surface area contributed by atoms with Crippen molar-refractivity contribution in [2.75, 3.05) is 11.2 Å². The number of thioether (sulfide) groups is 1. The summed E-state index contributed by atoms with van der Waals surface area (Å²) in [6.45, 7) is 0. The van der Waals surface area contributed by atoms with E-state index in [4.69, 9.17) is 0 Å². The van der Waals surface area contributed by atoms with Gasteiger partial charge in [-0.25, -0.2) is 9.37 Å². The van der Waals surface area contributed by atoms with Crippen LogP contribution in [0.5, 0.6) is 0 Å². The van der Waals surface area contributed by atoms with Gasteiger partial charge < -0.3 is 0 Å². The average molecular weight is 273 g/mol. The molecule has 3 rings (SSSR count). The summed E-state index contributed by atoms with van der Waals surface area (Å²) in [6, 6.07) is 10.4. The monoisotopic (exact) mass is 273 g/mol. The molecule has 0 saturated heterocycles. The van der Waals surface area contributed by atoms with Crippen molar-refractivity contribution in [3.63, 3.8) is 0 Å². The second-order valence-electron chi connectivity index (χ2n) is 4.12. The van der Waals surface area contributed by atoms with Crippen molar-refractivity contribution in [2.45, 2.75) is 11.3 Å². The largest absolute Gasteiger partial charge is 0.261 e. The molecule has 1 aromatic carbocycles. The second-order valence-corrected chi connectivity index (χ2v) is 5.26. The topological polar surface area (TPSA) is 37.3 Å². The van der Waals surface area contributed by atoms with Gasteiger partial charge in [-0.2, -0.15) is 5.10 Å². The highest BCUT2D eigenvalue weighted by Gasteiger charge is 2.16. The van der Waals surface area contributed by atoms with Crippen LogP contribution in [0.15, 0.2) is 52.6 Å². The minimum absolute atomic E-state index is 0.230. The van der Waals surface area contributed by atoms with Gasteiger partial charge in [-0.1, -0.05) is 6.07 Å². The smallest absolute Gasteiger partial charge is 0.146 e. The van der Waals surface area contributed by atoms with Gasteiger partial charge in [0.2, 0.25) is 0 Å². The Morgan fingerprint density at radius 2 is 2.21 bits per heavy atom. The first-order chi connectivity index (χ1) is 9.33. The Hall–Kier alpha value is -1.88. The molecular formula is C14H12FN3S. The zero-order chi connectivity index (χ0) is 13.1. The van der Waals surface area contributed by atoms with Crippen LogP contribution in [0, 0.1) is 5.82 Å². The Kier molecular flexibility index (Phi) is 3.46. The summed E-state index contributed by atoms with van der Waals surface area (Å²) in [5.41, 5.74) is 4.67. The maximum Gasteiger partial charge on any atom is 0.146 e. The maximum atomic E-state index is 13.3. The van der Waals surface area contributed by atoms with Crippen molar-refractivity contribution in [1.29, 1.82) is 0 Å². The van der Waals surface area contributed by atoms with Gasteiger partial charge in [0.1, 0.15) is 11.6 Å². The van der Waals surface area contributed by atoms with Gasteiger partial charge in [0.05, 0.1) is 5.71 Å². The number of nitrogens with one attached hydrogen (secondary N) is 1. The number of rotatable bonds is 2. The van der Waals surface area contributed by atoms with Crippen molar-refractivity contribution in [1.82, 2.24) is 4.98 Å². The summed E-state index contributed by atoms with van der Waals surface area (Å²) in [5, 5.41) is 4.36. The summed E-state index contributed by atoms with van der Waals surface area (Å²) in [4.78, 5) is 5.22. The molecule has 19 heavy (non-hydrogen) atoms. The van der Waals surface area contributed by atoms with Gasteiger partial charge >= 0.3 is 0 Å². The molecule has 1 aliphatic heterocycles. The average Bonchev–Trinajstić information content (AvgIpc) is 2.46. The van der Waals surface area contributed by atoms with E-state index in [9.17, 15) is 4.39 Å². The SMILES string of the molecule is Fc1ccc2c(c1)/C(=N\Nc1ccccn1)CCS2. The van der Waals surface area contributed by atoms with E-state index in [0.717, 1.165) is 28.3 Å². The van der Waals surface area contributed by atoms with Crippen LogP contribution in [-0.4, -0.2) is 16.4 Å². The van der Waals surface area contributed by atoms with Crippen LogP contribution in [0.2, 0.25) is 0 Å². The van der Waals surface area contributed by atoms with E-state index in [1.165, 1.54) is 6.07 Å². The lowest BCUT2D eigenvalue weighted by molar-refractivity contribution is 0.626. The van der Waals surface area contributed by atoms with E-state index in [-0.39, 0.29) is 5.82 Å². The third-order valence-electron chi connectivity index (χ3n) is 2.82. The van der Waals surface area contributed by atoms with Crippen LogP contribution in [-0.2, 0) is 0 Å². The quantitative estimate of drug-likeness (QED) is 0.850. The van der Waals surface area contributed by atoms with Gasteiger partial charge in [0.25, 0.3) is 0 Å². The van der Waals surface area contributed by atoms with E-state index in [2.05, 4.69) is 15.5 Å². The molecule has 3 nitrogen and oxygen atoms in total. The third-order valence-corrected chi connectivity index (χ3v) is 3.89.